The van der Waals surface area contributed by atoms with Crippen molar-refractivity contribution in [1.29, 1.82) is 0 Å². The van der Waals surface area contributed by atoms with Gasteiger partial charge in [-0.3, -0.25) is 14.9 Å². The van der Waals surface area contributed by atoms with Gasteiger partial charge < -0.3 is 5.32 Å². The number of hydrogen-bond donors (Lipinski definition) is 2. The number of nitrogens with zero attached hydrogens (tertiary/aromatic N) is 1. The van der Waals surface area contributed by atoms with Gasteiger partial charge in [0.2, 0.25) is 0 Å². The number of amides is 2. The number of nitrogens with one attached hydrogen (secondary N) is 2. The van der Waals surface area contributed by atoms with Crippen molar-refractivity contribution in [3.8, 4) is 0 Å². The third kappa shape index (κ3) is 4.33. The van der Waals surface area contributed by atoms with Crippen LogP contribution in [-0.2, 0) is 0 Å². The number of aromatic nitrogens is 1. The zero-order valence-electron chi connectivity index (χ0n) is 13.0. The van der Waals surface area contributed by atoms with Crippen molar-refractivity contribution >= 4 is 39.9 Å². The Morgan fingerprint density at radius 2 is 1.79 bits per heavy atom. The van der Waals surface area contributed by atoms with E-state index in [1.54, 1.807) is 29.6 Å². The molecule has 1 saturated carbocycles. The van der Waals surface area contributed by atoms with Gasteiger partial charge in [-0.1, -0.05) is 30.9 Å². The number of halogens is 1. The van der Waals surface area contributed by atoms with E-state index in [0.29, 0.717) is 21.4 Å². The first-order chi connectivity index (χ1) is 11.6. The lowest BCUT2D eigenvalue weighted by Crippen LogP contribution is -2.36. The zero-order chi connectivity index (χ0) is 16.9. The van der Waals surface area contributed by atoms with Gasteiger partial charge in [0, 0.05) is 22.0 Å². The van der Waals surface area contributed by atoms with Crippen molar-refractivity contribution in [2.24, 2.45) is 0 Å². The summed E-state index contributed by atoms with van der Waals surface area (Å²) >= 11 is 7.04. The molecule has 1 aromatic heterocycles. The molecule has 0 aliphatic heterocycles. The van der Waals surface area contributed by atoms with E-state index >= 15 is 0 Å². The second kappa shape index (κ2) is 7.77. The van der Waals surface area contributed by atoms with Crippen molar-refractivity contribution in [2.75, 3.05) is 5.32 Å². The van der Waals surface area contributed by atoms with Crippen LogP contribution in [0.4, 0.5) is 5.13 Å². The smallest absolute Gasteiger partial charge is 0.271 e. The van der Waals surface area contributed by atoms with E-state index in [-0.39, 0.29) is 17.9 Å². The molecule has 2 amide bonds. The van der Waals surface area contributed by atoms with Crippen molar-refractivity contribution < 1.29 is 9.59 Å². The molecule has 0 unspecified atom stereocenters. The molecule has 1 fully saturated rings. The van der Waals surface area contributed by atoms with Crippen molar-refractivity contribution in [3.05, 3.63) is 45.9 Å². The van der Waals surface area contributed by atoms with Crippen molar-refractivity contribution in [1.82, 2.24) is 10.3 Å². The fraction of sp³-hybridized carbons (Fsp3) is 0.353. The van der Waals surface area contributed by atoms with Gasteiger partial charge in [0.15, 0.2) is 5.13 Å². The molecule has 1 aliphatic carbocycles. The highest BCUT2D eigenvalue weighted by atomic mass is 35.5. The first-order valence-electron chi connectivity index (χ1n) is 7.95. The maximum atomic E-state index is 12.2. The van der Waals surface area contributed by atoms with Gasteiger partial charge in [0.25, 0.3) is 11.8 Å². The summed E-state index contributed by atoms with van der Waals surface area (Å²) in [6, 6.07) is 6.83. The molecule has 1 heterocycles. The van der Waals surface area contributed by atoms with Crippen molar-refractivity contribution in [3.63, 3.8) is 0 Å². The van der Waals surface area contributed by atoms with Gasteiger partial charge in [0.05, 0.1) is 0 Å². The molecule has 2 aromatic rings. The van der Waals surface area contributed by atoms with E-state index in [4.69, 9.17) is 11.6 Å². The fourth-order valence-electron chi connectivity index (χ4n) is 2.71. The molecule has 0 bridgehead atoms. The maximum Gasteiger partial charge on any atom is 0.271 e. The molecule has 1 aliphatic rings. The monoisotopic (exact) mass is 363 g/mol. The minimum absolute atomic E-state index is 0.176. The number of anilines is 1. The fourth-order valence-corrected chi connectivity index (χ4v) is 3.52. The van der Waals surface area contributed by atoms with Crippen molar-refractivity contribution in [2.45, 2.75) is 38.1 Å². The number of thiazole rings is 1. The van der Waals surface area contributed by atoms with E-state index in [0.717, 1.165) is 25.7 Å². The van der Waals surface area contributed by atoms with E-state index in [9.17, 15) is 9.59 Å². The number of benzene rings is 1. The van der Waals surface area contributed by atoms with E-state index in [2.05, 4.69) is 15.6 Å². The summed E-state index contributed by atoms with van der Waals surface area (Å²) in [7, 11) is 0. The lowest BCUT2D eigenvalue weighted by atomic mass is 9.95. The van der Waals surface area contributed by atoms with Gasteiger partial charge in [-0.05, 0) is 37.1 Å². The Morgan fingerprint density at radius 3 is 2.50 bits per heavy atom. The molecule has 24 heavy (non-hydrogen) atoms. The topological polar surface area (TPSA) is 71.1 Å². The molecular weight excluding hydrogens is 346 g/mol. The molecule has 1 aromatic carbocycles. The Bertz CT molecular complexity index is 724. The van der Waals surface area contributed by atoms with Crippen LogP contribution in [0.5, 0.6) is 0 Å². The molecule has 0 spiro atoms. The molecule has 2 N–H and O–H groups in total. The van der Waals surface area contributed by atoms with Crippen LogP contribution in [0.15, 0.2) is 29.6 Å². The average molecular weight is 364 g/mol. The third-order valence-corrected chi connectivity index (χ3v) is 5.01. The number of hydrogen-bond acceptors (Lipinski definition) is 4. The Balaban J connectivity index is 1.59. The van der Waals surface area contributed by atoms with E-state index < -0.39 is 0 Å². The van der Waals surface area contributed by atoms with Crippen LogP contribution >= 0.6 is 22.9 Å². The van der Waals surface area contributed by atoms with E-state index in [1.807, 2.05) is 0 Å². The Labute approximate surface area is 149 Å². The van der Waals surface area contributed by atoms with Gasteiger partial charge in [-0.2, -0.15) is 0 Å². The number of rotatable bonds is 4. The Hall–Kier alpha value is -1.92. The molecule has 126 valence electrons. The maximum absolute atomic E-state index is 12.2. The minimum Gasteiger partial charge on any atom is -0.348 e. The van der Waals surface area contributed by atoms with Crippen LogP contribution in [0.1, 0.15) is 53.0 Å². The summed E-state index contributed by atoms with van der Waals surface area (Å²) in [5.74, 6) is -0.453. The molecule has 3 rings (SSSR count). The van der Waals surface area contributed by atoms with Crippen LogP contribution in [0.25, 0.3) is 0 Å². The molecule has 7 heteroatoms. The van der Waals surface area contributed by atoms with Crippen LogP contribution < -0.4 is 10.6 Å². The average Bonchev–Trinajstić information content (AvgIpc) is 3.05. The van der Waals surface area contributed by atoms with Crippen LogP contribution in [0.3, 0.4) is 0 Å². The number of carbonyl (C=O) groups is 2. The standard InChI is InChI=1S/C17H18ClN3O2S/c18-12-8-6-11(7-9-12)15(22)21-17-20-14(10-24-17)16(23)19-13-4-2-1-3-5-13/h6-10,13H,1-5H2,(H,19,23)(H,20,21,22). The van der Waals surface area contributed by atoms with Crippen LogP contribution in [0.2, 0.25) is 5.02 Å². The molecule has 0 saturated heterocycles. The third-order valence-electron chi connectivity index (χ3n) is 4.00. The Morgan fingerprint density at radius 1 is 1.08 bits per heavy atom. The molecular formula is C17H18ClN3O2S. The first kappa shape index (κ1) is 16.9. The molecule has 0 radical (unpaired) electrons. The summed E-state index contributed by atoms with van der Waals surface area (Å²) in [5, 5.41) is 8.36. The van der Waals surface area contributed by atoms with Crippen LogP contribution in [-0.4, -0.2) is 22.8 Å². The predicted molar refractivity (Wildman–Crippen MR) is 95.9 cm³/mol. The summed E-state index contributed by atoms with van der Waals surface area (Å²) in [6.07, 6.45) is 5.60. The lowest BCUT2D eigenvalue weighted by Gasteiger charge is -2.22. The second-order valence-electron chi connectivity index (χ2n) is 5.81. The predicted octanol–water partition coefficient (Wildman–Crippen LogP) is 4.11. The second-order valence-corrected chi connectivity index (χ2v) is 7.10. The van der Waals surface area contributed by atoms with Crippen LogP contribution in [0, 0.1) is 0 Å². The highest BCUT2D eigenvalue weighted by Gasteiger charge is 2.19. The minimum atomic E-state index is -0.278. The summed E-state index contributed by atoms with van der Waals surface area (Å²) in [4.78, 5) is 28.6. The normalized spacial score (nSPS) is 15.0. The summed E-state index contributed by atoms with van der Waals surface area (Å²) in [5.41, 5.74) is 0.833. The van der Waals surface area contributed by atoms with E-state index in [1.165, 1.54) is 17.8 Å². The zero-order valence-corrected chi connectivity index (χ0v) is 14.6. The lowest BCUT2D eigenvalue weighted by molar-refractivity contribution is 0.0922. The molecule has 5 nitrogen and oxygen atoms in total. The Kier molecular flexibility index (Phi) is 5.48. The highest BCUT2D eigenvalue weighted by Crippen LogP contribution is 2.20. The summed E-state index contributed by atoms with van der Waals surface area (Å²) < 4.78 is 0. The van der Waals surface area contributed by atoms with Gasteiger partial charge in [-0.15, -0.1) is 11.3 Å². The van der Waals surface area contributed by atoms with Gasteiger partial charge in [0.1, 0.15) is 5.69 Å². The first-order valence-corrected chi connectivity index (χ1v) is 9.21. The largest absolute Gasteiger partial charge is 0.348 e. The molecule has 0 atom stereocenters. The van der Waals surface area contributed by atoms with Gasteiger partial charge >= 0.3 is 0 Å². The SMILES string of the molecule is O=C(Nc1nc(C(=O)NC2CCCCC2)cs1)c1ccc(Cl)cc1. The highest BCUT2D eigenvalue weighted by molar-refractivity contribution is 7.14. The van der Waals surface area contributed by atoms with Gasteiger partial charge in [-0.25, -0.2) is 4.98 Å². The number of carbonyl (C=O) groups excluding carboxylic acids is 2. The quantitative estimate of drug-likeness (QED) is 0.858. The summed E-state index contributed by atoms with van der Waals surface area (Å²) in [6.45, 7) is 0.